The van der Waals surface area contributed by atoms with Gasteiger partial charge in [-0.25, -0.2) is 12.8 Å². The van der Waals surface area contributed by atoms with Gasteiger partial charge in [-0.2, -0.15) is 4.31 Å². The van der Waals surface area contributed by atoms with Crippen LogP contribution in [0.25, 0.3) is 0 Å². The van der Waals surface area contributed by atoms with Crippen LogP contribution in [0.5, 0.6) is 0 Å². The first-order valence-electron chi connectivity index (χ1n) is 12.3. The number of piperazine rings is 1. The molecular formula is C28H28BrClFN3O3S. The predicted molar refractivity (Wildman–Crippen MR) is 152 cm³/mol. The Kier molecular flexibility index (Phi) is 7.09. The van der Waals surface area contributed by atoms with E-state index in [4.69, 9.17) is 11.6 Å². The Morgan fingerprint density at radius 2 is 1.66 bits per heavy atom. The van der Waals surface area contributed by atoms with Gasteiger partial charge in [0.25, 0.3) is 5.91 Å². The quantitative estimate of drug-likeness (QED) is 0.359. The topological polar surface area (TPSA) is 60.9 Å². The van der Waals surface area contributed by atoms with E-state index in [0.29, 0.717) is 19.6 Å². The van der Waals surface area contributed by atoms with Crippen LogP contribution >= 0.6 is 27.5 Å². The molecule has 0 bridgehead atoms. The van der Waals surface area contributed by atoms with Crippen molar-refractivity contribution in [1.82, 2.24) is 4.31 Å². The number of nitrogens with zero attached hydrogens (tertiary/aromatic N) is 3. The van der Waals surface area contributed by atoms with Crippen molar-refractivity contribution in [1.29, 1.82) is 0 Å². The zero-order chi connectivity index (χ0) is 27.4. The molecule has 2 heterocycles. The van der Waals surface area contributed by atoms with Gasteiger partial charge in [0.2, 0.25) is 10.0 Å². The van der Waals surface area contributed by atoms with Gasteiger partial charge in [0.1, 0.15) is 10.7 Å². The van der Waals surface area contributed by atoms with Gasteiger partial charge >= 0.3 is 0 Å². The highest BCUT2D eigenvalue weighted by molar-refractivity contribution is 9.10. The first-order valence-corrected chi connectivity index (χ1v) is 14.9. The largest absolute Gasteiger partial charge is 0.369 e. The second-order valence-corrected chi connectivity index (χ2v) is 13.5. The van der Waals surface area contributed by atoms with Crippen molar-refractivity contribution in [3.8, 4) is 0 Å². The number of benzene rings is 3. The summed E-state index contributed by atoms with van der Waals surface area (Å²) in [7, 11) is -3.95. The fraction of sp³-hybridized carbons (Fsp3) is 0.321. The lowest BCUT2D eigenvalue weighted by Gasteiger charge is -2.35. The second kappa shape index (κ2) is 9.93. The van der Waals surface area contributed by atoms with E-state index in [1.165, 1.54) is 28.6 Å². The van der Waals surface area contributed by atoms with Crippen LogP contribution in [0.4, 0.5) is 15.8 Å². The average molecular weight is 621 g/mol. The number of sulfonamides is 1. The van der Waals surface area contributed by atoms with Gasteiger partial charge in [-0.15, -0.1) is 0 Å². The predicted octanol–water partition coefficient (Wildman–Crippen LogP) is 6.00. The van der Waals surface area contributed by atoms with E-state index in [9.17, 15) is 17.6 Å². The normalized spacial score (nSPS) is 17.5. The van der Waals surface area contributed by atoms with Crippen LogP contribution in [-0.4, -0.2) is 51.4 Å². The molecule has 0 radical (unpaired) electrons. The van der Waals surface area contributed by atoms with E-state index in [1.807, 2.05) is 24.0 Å². The van der Waals surface area contributed by atoms with Crippen molar-refractivity contribution in [3.05, 3.63) is 86.6 Å². The molecule has 38 heavy (non-hydrogen) atoms. The van der Waals surface area contributed by atoms with Gasteiger partial charge in [-0.3, -0.25) is 4.79 Å². The number of hydrogen-bond acceptors (Lipinski definition) is 4. The lowest BCUT2D eigenvalue weighted by atomic mass is 9.84. The number of amides is 1. The summed E-state index contributed by atoms with van der Waals surface area (Å²) in [5.41, 5.74) is 3.85. The molecule has 0 saturated carbocycles. The third kappa shape index (κ3) is 4.74. The number of halogens is 3. The van der Waals surface area contributed by atoms with Gasteiger partial charge in [-0.1, -0.05) is 31.5 Å². The first-order chi connectivity index (χ1) is 17.9. The third-order valence-electron chi connectivity index (χ3n) is 7.31. The fourth-order valence-electron chi connectivity index (χ4n) is 5.48. The van der Waals surface area contributed by atoms with Crippen LogP contribution in [0.15, 0.2) is 64.0 Å². The Hall–Kier alpha value is -2.46. The van der Waals surface area contributed by atoms with Crippen LogP contribution < -0.4 is 9.80 Å². The van der Waals surface area contributed by atoms with E-state index < -0.39 is 10.0 Å². The van der Waals surface area contributed by atoms with Gasteiger partial charge in [-0.05, 0) is 82.5 Å². The molecule has 3 aromatic carbocycles. The van der Waals surface area contributed by atoms with Crippen LogP contribution in [0, 0.1) is 12.7 Å². The molecule has 0 unspecified atom stereocenters. The average Bonchev–Trinajstić information content (AvgIpc) is 3.19. The Morgan fingerprint density at radius 3 is 2.32 bits per heavy atom. The van der Waals surface area contributed by atoms with E-state index in [-0.39, 0.29) is 45.7 Å². The van der Waals surface area contributed by atoms with E-state index in [0.717, 1.165) is 27.0 Å². The maximum atomic E-state index is 13.8. The molecule has 3 aromatic rings. The summed E-state index contributed by atoms with van der Waals surface area (Å²) < 4.78 is 42.8. The number of aryl methyl sites for hydroxylation is 1. The van der Waals surface area contributed by atoms with Crippen molar-refractivity contribution in [2.24, 2.45) is 0 Å². The maximum Gasteiger partial charge on any atom is 0.258 e. The van der Waals surface area contributed by atoms with Crippen molar-refractivity contribution in [3.63, 3.8) is 0 Å². The summed E-state index contributed by atoms with van der Waals surface area (Å²) >= 11 is 10.0. The Balaban J connectivity index is 1.41. The molecule has 0 aliphatic carbocycles. The Bertz CT molecular complexity index is 1520. The van der Waals surface area contributed by atoms with Crippen LogP contribution in [0.2, 0.25) is 5.02 Å². The van der Waals surface area contributed by atoms with Gasteiger partial charge in [0, 0.05) is 53.9 Å². The lowest BCUT2D eigenvalue weighted by molar-refractivity contribution is 0.0985. The highest BCUT2D eigenvalue weighted by Gasteiger charge is 2.41. The standard InChI is InChI=1S/C28H28BrClFN3O3S/c1-18-4-10-22(29)26-25(18)28(2,3)17-34(26)27(35)19-5-11-23(30)24(16-19)38(36,37)33-14-12-32(13-15-33)21-8-6-20(31)7-9-21/h4-11,16H,12-15,17H2,1-3H3. The van der Waals surface area contributed by atoms with E-state index in [1.54, 1.807) is 23.1 Å². The number of carbonyl (C=O) groups is 1. The molecule has 0 N–H and O–H groups in total. The maximum absolute atomic E-state index is 13.8. The number of carbonyl (C=O) groups excluding carboxylic acids is 1. The minimum atomic E-state index is -3.95. The summed E-state index contributed by atoms with van der Waals surface area (Å²) in [5, 5.41) is 0.0710. The highest BCUT2D eigenvalue weighted by Crippen LogP contribution is 2.47. The zero-order valence-electron chi connectivity index (χ0n) is 21.3. The van der Waals surface area contributed by atoms with Gasteiger partial charge < -0.3 is 9.80 Å². The molecule has 1 saturated heterocycles. The SMILES string of the molecule is Cc1ccc(Br)c2c1C(C)(C)CN2C(=O)c1ccc(Cl)c(S(=O)(=O)N2CCN(c3ccc(F)cc3)CC2)c1. The van der Waals surface area contributed by atoms with Crippen molar-refractivity contribution < 1.29 is 17.6 Å². The molecule has 10 heteroatoms. The molecule has 1 fully saturated rings. The van der Waals surface area contributed by atoms with Gasteiger partial charge in [0.05, 0.1) is 10.7 Å². The first kappa shape index (κ1) is 27.1. The fourth-order valence-corrected chi connectivity index (χ4v) is 7.95. The number of anilines is 2. The minimum absolute atomic E-state index is 0.0710. The number of hydrogen-bond donors (Lipinski definition) is 0. The summed E-state index contributed by atoms with van der Waals surface area (Å²) in [6.45, 7) is 8.10. The Labute approximate surface area is 236 Å². The molecule has 0 atom stereocenters. The zero-order valence-corrected chi connectivity index (χ0v) is 24.5. The van der Waals surface area contributed by atoms with Crippen molar-refractivity contribution in [2.75, 3.05) is 42.5 Å². The van der Waals surface area contributed by atoms with E-state index in [2.05, 4.69) is 29.8 Å². The summed E-state index contributed by atoms with van der Waals surface area (Å²) in [5.74, 6) is -0.597. The molecule has 200 valence electrons. The highest BCUT2D eigenvalue weighted by atomic mass is 79.9. The molecule has 2 aliphatic rings. The molecule has 1 amide bonds. The molecule has 2 aliphatic heterocycles. The smallest absolute Gasteiger partial charge is 0.258 e. The molecule has 6 nitrogen and oxygen atoms in total. The molecule has 0 aromatic heterocycles. The third-order valence-corrected chi connectivity index (χ3v) is 10.3. The number of rotatable bonds is 4. The van der Waals surface area contributed by atoms with Crippen molar-refractivity contribution >= 4 is 54.8 Å². The second-order valence-electron chi connectivity index (χ2n) is 10.4. The van der Waals surface area contributed by atoms with Crippen LogP contribution in [0.3, 0.4) is 0 Å². The Morgan fingerprint density at radius 1 is 1.00 bits per heavy atom. The van der Waals surface area contributed by atoms with Crippen molar-refractivity contribution in [2.45, 2.75) is 31.1 Å². The van der Waals surface area contributed by atoms with Crippen LogP contribution in [0.1, 0.15) is 35.3 Å². The lowest BCUT2D eigenvalue weighted by Crippen LogP contribution is -2.48. The summed E-state index contributed by atoms with van der Waals surface area (Å²) in [6.07, 6.45) is 0. The molecule has 5 rings (SSSR count). The summed E-state index contributed by atoms with van der Waals surface area (Å²) in [4.78, 5) is 17.4. The van der Waals surface area contributed by atoms with Gasteiger partial charge in [0.15, 0.2) is 0 Å². The monoisotopic (exact) mass is 619 g/mol. The number of fused-ring (bicyclic) bond motifs is 1. The molecular weight excluding hydrogens is 593 g/mol. The van der Waals surface area contributed by atoms with Crippen LogP contribution in [-0.2, 0) is 15.4 Å². The minimum Gasteiger partial charge on any atom is -0.369 e. The molecule has 0 spiro atoms. The summed E-state index contributed by atoms with van der Waals surface area (Å²) in [6, 6.07) is 14.5. The van der Waals surface area contributed by atoms with E-state index >= 15 is 0 Å².